The van der Waals surface area contributed by atoms with Crippen molar-refractivity contribution < 1.29 is 27.8 Å². The molecule has 1 rings (SSSR count). The summed E-state index contributed by atoms with van der Waals surface area (Å²) in [5, 5.41) is 1.08. The Balaban J connectivity index is 0.00000144. The van der Waals surface area contributed by atoms with Gasteiger partial charge in [-0.3, -0.25) is 0 Å². The molecule has 0 bridgehead atoms. The predicted molar refractivity (Wildman–Crippen MR) is 53.6 cm³/mol. The van der Waals surface area contributed by atoms with Gasteiger partial charge in [-0.25, -0.2) is 0 Å². The van der Waals surface area contributed by atoms with E-state index in [0.29, 0.717) is 0 Å². The van der Waals surface area contributed by atoms with E-state index in [1.54, 1.807) is 14.2 Å². The molecule has 0 radical (unpaired) electrons. The average molecular weight is 297 g/mol. The summed E-state index contributed by atoms with van der Waals surface area (Å²) >= 11 is 1.24. The standard InChI is InChI=1S/C9H11O2.BrH.Zn/c1-7-6-8(10-2)4-5-9(7)11-3;;/h4-6H,1H2,2-3H3;1H;. The van der Waals surface area contributed by atoms with Gasteiger partial charge in [0, 0.05) is 0 Å². The zero-order valence-electron chi connectivity index (χ0n) is 7.87. The van der Waals surface area contributed by atoms with E-state index >= 15 is 0 Å². The van der Waals surface area contributed by atoms with Crippen molar-refractivity contribution in [2.24, 2.45) is 0 Å². The van der Waals surface area contributed by atoms with Crippen molar-refractivity contribution in [3.05, 3.63) is 23.8 Å². The fourth-order valence-electron chi connectivity index (χ4n) is 1.08. The zero-order valence-corrected chi connectivity index (χ0v) is 12.6. The summed E-state index contributed by atoms with van der Waals surface area (Å²) in [5.74, 6) is 1.86. The summed E-state index contributed by atoms with van der Waals surface area (Å²) in [6.07, 6.45) is 0. The Morgan fingerprint density at radius 1 is 1.23 bits per heavy atom. The van der Waals surface area contributed by atoms with Gasteiger partial charge in [-0.2, -0.15) is 0 Å². The second-order valence-electron chi connectivity index (χ2n) is 2.43. The molecule has 0 spiro atoms. The molecule has 0 aliphatic rings. The molecule has 13 heavy (non-hydrogen) atoms. The van der Waals surface area contributed by atoms with E-state index in [1.807, 2.05) is 18.2 Å². The Kier molecular flexibility index (Phi) is 6.35. The van der Waals surface area contributed by atoms with Gasteiger partial charge in [0.25, 0.3) is 0 Å². The van der Waals surface area contributed by atoms with E-state index in [0.717, 1.165) is 16.5 Å². The Morgan fingerprint density at radius 2 is 1.92 bits per heavy atom. The molecular formula is C9H12BrO2Zn. The number of benzene rings is 1. The molecule has 0 aromatic heterocycles. The van der Waals surface area contributed by atoms with Crippen LogP contribution in [0.5, 0.6) is 11.5 Å². The van der Waals surface area contributed by atoms with Crippen LogP contribution in [-0.4, -0.2) is 14.2 Å². The number of halogens is 1. The van der Waals surface area contributed by atoms with Crippen LogP contribution in [0.15, 0.2) is 18.2 Å². The van der Waals surface area contributed by atoms with Crippen molar-refractivity contribution in [3.63, 3.8) is 0 Å². The van der Waals surface area contributed by atoms with Crippen LogP contribution in [0.2, 0.25) is 0 Å². The van der Waals surface area contributed by atoms with Crippen LogP contribution in [0, 0.1) is 0 Å². The predicted octanol–water partition coefficient (Wildman–Crippen LogP) is 2.33. The average Bonchev–Trinajstić information content (AvgIpc) is 2.16. The molecule has 0 amide bonds. The molecule has 0 heterocycles. The first-order chi connectivity index (χ1) is 5.81. The van der Waals surface area contributed by atoms with E-state index < -0.39 is 0 Å². The Morgan fingerprint density at radius 3 is 2.38 bits per heavy atom. The van der Waals surface area contributed by atoms with Gasteiger partial charge < -0.3 is 0 Å². The summed E-state index contributed by atoms with van der Waals surface area (Å²) in [6, 6.07) is 5.89. The van der Waals surface area contributed by atoms with Gasteiger partial charge in [-0.05, 0) is 0 Å². The van der Waals surface area contributed by atoms with Crippen molar-refractivity contribution in [1.29, 1.82) is 0 Å². The summed E-state index contributed by atoms with van der Waals surface area (Å²) < 4.78 is 10.3. The van der Waals surface area contributed by atoms with Crippen molar-refractivity contribution in [2.45, 2.75) is 5.02 Å². The van der Waals surface area contributed by atoms with Crippen LogP contribution in [0.3, 0.4) is 0 Å². The molecule has 0 fully saturated rings. The summed E-state index contributed by atoms with van der Waals surface area (Å²) in [7, 11) is 3.37. The van der Waals surface area contributed by atoms with E-state index in [4.69, 9.17) is 9.47 Å². The van der Waals surface area contributed by atoms with Crippen LogP contribution >= 0.6 is 17.0 Å². The Labute approximate surface area is 99.1 Å². The van der Waals surface area contributed by atoms with Crippen LogP contribution in [0.4, 0.5) is 0 Å². The molecule has 69 valence electrons. The minimum absolute atomic E-state index is 0. The van der Waals surface area contributed by atoms with Crippen molar-refractivity contribution in [1.82, 2.24) is 0 Å². The molecule has 0 aliphatic heterocycles. The number of hydrogen-bond donors (Lipinski definition) is 0. The summed E-state index contributed by atoms with van der Waals surface area (Å²) in [6.45, 7) is 0. The molecule has 0 atom stereocenters. The van der Waals surface area contributed by atoms with Gasteiger partial charge in [-0.15, -0.1) is 17.0 Å². The van der Waals surface area contributed by atoms with Crippen molar-refractivity contribution >= 4 is 17.0 Å². The molecule has 0 N–H and O–H groups in total. The van der Waals surface area contributed by atoms with Crippen LogP contribution < -0.4 is 9.47 Å². The van der Waals surface area contributed by atoms with E-state index in [-0.39, 0.29) is 17.0 Å². The molecule has 2 nitrogen and oxygen atoms in total. The molecule has 0 aliphatic carbocycles. The topological polar surface area (TPSA) is 18.5 Å². The second kappa shape index (κ2) is 6.39. The monoisotopic (exact) mass is 295 g/mol. The minimum atomic E-state index is 0. The molecule has 1 aromatic carbocycles. The first kappa shape index (κ1) is 12.9. The fourth-order valence-corrected chi connectivity index (χ4v) is 1.90. The maximum absolute atomic E-state index is 5.20. The van der Waals surface area contributed by atoms with Gasteiger partial charge in [0.2, 0.25) is 0 Å². The van der Waals surface area contributed by atoms with Gasteiger partial charge in [0.15, 0.2) is 0 Å². The van der Waals surface area contributed by atoms with Crippen molar-refractivity contribution in [2.75, 3.05) is 14.2 Å². The maximum atomic E-state index is 5.20. The van der Waals surface area contributed by atoms with Gasteiger partial charge in [-0.1, -0.05) is 0 Å². The van der Waals surface area contributed by atoms with E-state index in [9.17, 15) is 0 Å². The molecule has 4 heteroatoms. The molecular weight excluding hydrogens is 285 g/mol. The van der Waals surface area contributed by atoms with Gasteiger partial charge in [0.1, 0.15) is 0 Å². The molecule has 1 aromatic rings. The summed E-state index contributed by atoms with van der Waals surface area (Å²) in [5.41, 5.74) is 1.23. The first-order valence-electron chi connectivity index (χ1n) is 3.82. The molecule has 0 unspecified atom stereocenters. The Hall–Kier alpha value is -0.0766. The second-order valence-corrected chi connectivity index (χ2v) is 3.48. The van der Waals surface area contributed by atoms with Crippen LogP contribution in [-0.2, 0) is 23.3 Å². The number of methoxy groups -OCH3 is 2. The fraction of sp³-hybridized carbons (Fsp3) is 0.333. The van der Waals surface area contributed by atoms with Crippen LogP contribution in [0.25, 0.3) is 0 Å². The third-order valence-corrected chi connectivity index (χ3v) is 2.89. The van der Waals surface area contributed by atoms with E-state index in [1.165, 1.54) is 23.9 Å². The van der Waals surface area contributed by atoms with Gasteiger partial charge >= 0.3 is 82.3 Å². The third-order valence-electron chi connectivity index (χ3n) is 1.76. The normalized spacial score (nSPS) is 8.92. The number of rotatable bonds is 3. The Bertz CT molecular complexity index is 266. The van der Waals surface area contributed by atoms with Crippen molar-refractivity contribution in [3.8, 4) is 11.5 Å². The number of hydrogen-bond acceptors (Lipinski definition) is 2. The molecule has 0 saturated carbocycles. The SMILES string of the molecule is Br.COc1ccc(OC)c([CH2][Zn])c1. The van der Waals surface area contributed by atoms with Crippen LogP contribution in [0.1, 0.15) is 5.56 Å². The van der Waals surface area contributed by atoms with E-state index in [2.05, 4.69) is 0 Å². The third kappa shape index (κ3) is 3.28. The first-order valence-corrected chi connectivity index (χ1v) is 5.91. The quantitative estimate of drug-likeness (QED) is 0.797. The molecule has 0 saturated heterocycles. The van der Waals surface area contributed by atoms with Gasteiger partial charge in [0.05, 0.1) is 0 Å². The number of ether oxygens (including phenoxy) is 2. The zero-order chi connectivity index (χ0) is 8.97. The summed E-state index contributed by atoms with van der Waals surface area (Å²) in [4.78, 5) is 0.